The van der Waals surface area contributed by atoms with Crippen molar-refractivity contribution in [1.29, 1.82) is 0 Å². The lowest BCUT2D eigenvalue weighted by Gasteiger charge is -2.14. The number of benzene rings is 1. The molecule has 0 fully saturated rings. The van der Waals surface area contributed by atoms with Gasteiger partial charge in [0.2, 0.25) is 0 Å². The van der Waals surface area contributed by atoms with Crippen molar-refractivity contribution in [2.45, 2.75) is 45.3 Å². The minimum absolute atomic E-state index is 0.212. The zero-order valence-corrected chi connectivity index (χ0v) is 10.4. The fraction of sp³-hybridized carbons (Fsp3) is 0.571. The van der Waals surface area contributed by atoms with Crippen LogP contribution < -0.4 is 0 Å². The van der Waals surface area contributed by atoms with E-state index in [4.69, 9.17) is 4.74 Å². The van der Waals surface area contributed by atoms with E-state index in [-0.39, 0.29) is 12.2 Å². The molecule has 2 unspecified atom stereocenters. The largest absolute Gasteiger partial charge is 0.388 e. The molecule has 1 rings (SSSR count). The van der Waals surface area contributed by atoms with Crippen LogP contribution >= 0.6 is 0 Å². The van der Waals surface area contributed by atoms with Crippen LogP contribution in [0.5, 0.6) is 0 Å². The van der Waals surface area contributed by atoms with E-state index in [1.54, 1.807) is 7.11 Å². The standard InChI is InChI=1S/C14H22O2/c1-4-12-6-5-7-13(10-12)14(15)9-8-11(2)16-3/h5-7,10-11,14-15H,4,8-9H2,1-3H3. The quantitative estimate of drug-likeness (QED) is 0.801. The number of methoxy groups -OCH3 is 1. The third-order valence-corrected chi connectivity index (χ3v) is 2.99. The number of hydrogen-bond donors (Lipinski definition) is 1. The van der Waals surface area contributed by atoms with Crippen LogP contribution in [0.3, 0.4) is 0 Å². The van der Waals surface area contributed by atoms with Crippen LogP contribution in [-0.4, -0.2) is 18.3 Å². The van der Waals surface area contributed by atoms with Crippen molar-refractivity contribution < 1.29 is 9.84 Å². The van der Waals surface area contributed by atoms with E-state index < -0.39 is 0 Å². The Morgan fingerprint density at radius 2 is 2.06 bits per heavy atom. The SMILES string of the molecule is CCc1cccc(C(O)CCC(C)OC)c1. The average Bonchev–Trinajstić information content (AvgIpc) is 2.35. The lowest BCUT2D eigenvalue weighted by Crippen LogP contribution is -2.07. The first-order chi connectivity index (χ1) is 7.67. The fourth-order valence-electron chi connectivity index (χ4n) is 1.70. The second kappa shape index (κ2) is 6.66. The summed E-state index contributed by atoms with van der Waals surface area (Å²) in [6, 6.07) is 8.18. The number of aliphatic hydroxyl groups is 1. The van der Waals surface area contributed by atoms with Gasteiger partial charge in [-0.3, -0.25) is 0 Å². The lowest BCUT2D eigenvalue weighted by atomic mass is 10.0. The number of ether oxygens (including phenoxy) is 1. The molecule has 2 atom stereocenters. The Labute approximate surface area is 98.3 Å². The molecule has 90 valence electrons. The van der Waals surface area contributed by atoms with E-state index in [0.29, 0.717) is 0 Å². The zero-order chi connectivity index (χ0) is 12.0. The molecule has 16 heavy (non-hydrogen) atoms. The van der Waals surface area contributed by atoms with Crippen LogP contribution in [0.4, 0.5) is 0 Å². The van der Waals surface area contributed by atoms with Crippen molar-refractivity contribution >= 4 is 0 Å². The number of aryl methyl sites for hydroxylation is 1. The second-order valence-electron chi connectivity index (χ2n) is 4.24. The van der Waals surface area contributed by atoms with Gasteiger partial charge in [0.1, 0.15) is 0 Å². The molecular formula is C14H22O2. The molecule has 0 radical (unpaired) electrons. The number of hydrogen-bond acceptors (Lipinski definition) is 2. The molecule has 0 saturated carbocycles. The van der Waals surface area contributed by atoms with Crippen LogP contribution in [0.1, 0.15) is 43.9 Å². The van der Waals surface area contributed by atoms with Crippen molar-refractivity contribution in [2.24, 2.45) is 0 Å². The molecule has 0 aromatic heterocycles. The van der Waals surface area contributed by atoms with Gasteiger partial charge < -0.3 is 9.84 Å². The average molecular weight is 222 g/mol. The van der Waals surface area contributed by atoms with Crippen LogP contribution in [0.15, 0.2) is 24.3 Å². The van der Waals surface area contributed by atoms with E-state index in [0.717, 1.165) is 24.8 Å². The van der Waals surface area contributed by atoms with Gasteiger partial charge in [-0.05, 0) is 37.3 Å². The van der Waals surface area contributed by atoms with Crippen LogP contribution in [-0.2, 0) is 11.2 Å². The molecule has 0 aliphatic carbocycles. The molecule has 1 aromatic rings. The smallest absolute Gasteiger partial charge is 0.0791 e. The molecule has 1 aromatic carbocycles. The maximum Gasteiger partial charge on any atom is 0.0791 e. The van der Waals surface area contributed by atoms with Gasteiger partial charge in [0.05, 0.1) is 12.2 Å². The summed E-state index contributed by atoms with van der Waals surface area (Å²) in [6.45, 7) is 4.15. The normalized spacial score (nSPS) is 14.8. The summed E-state index contributed by atoms with van der Waals surface area (Å²) in [7, 11) is 1.70. The summed E-state index contributed by atoms with van der Waals surface area (Å²) in [4.78, 5) is 0. The summed E-state index contributed by atoms with van der Waals surface area (Å²) in [5.41, 5.74) is 2.29. The van der Waals surface area contributed by atoms with Crippen molar-refractivity contribution in [3.8, 4) is 0 Å². The summed E-state index contributed by atoms with van der Waals surface area (Å²) < 4.78 is 5.17. The van der Waals surface area contributed by atoms with Crippen molar-refractivity contribution in [3.05, 3.63) is 35.4 Å². The highest BCUT2D eigenvalue weighted by atomic mass is 16.5. The van der Waals surface area contributed by atoms with E-state index in [9.17, 15) is 5.11 Å². The Balaban J connectivity index is 2.54. The van der Waals surface area contributed by atoms with Gasteiger partial charge in [-0.15, -0.1) is 0 Å². The monoisotopic (exact) mass is 222 g/mol. The molecule has 2 heteroatoms. The minimum atomic E-state index is -0.371. The second-order valence-corrected chi connectivity index (χ2v) is 4.24. The van der Waals surface area contributed by atoms with E-state index in [1.807, 2.05) is 19.1 Å². The molecular weight excluding hydrogens is 200 g/mol. The summed E-state index contributed by atoms with van der Waals surface area (Å²) in [5, 5.41) is 10.0. The highest BCUT2D eigenvalue weighted by Gasteiger charge is 2.09. The molecule has 0 aliphatic rings. The predicted octanol–water partition coefficient (Wildman–Crippen LogP) is 3.10. The summed E-state index contributed by atoms with van der Waals surface area (Å²) in [6.07, 6.45) is 2.48. The molecule has 2 nitrogen and oxygen atoms in total. The Bertz CT molecular complexity index is 309. The molecule has 0 amide bonds. The van der Waals surface area contributed by atoms with Gasteiger partial charge in [0, 0.05) is 7.11 Å². The first kappa shape index (κ1) is 13.2. The van der Waals surface area contributed by atoms with E-state index in [1.165, 1.54) is 5.56 Å². The van der Waals surface area contributed by atoms with E-state index >= 15 is 0 Å². The maximum absolute atomic E-state index is 10.0. The summed E-state index contributed by atoms with van der Waals surface area (Å²) >= 11 is 0. The molecule has 0 heterocycles. The highest BCUT2D eigenvalue weighted by Crippen LogP contribution is 2.20. The Hall–Kier alpha value is -0.860. The van der Waals surface area contributed by atoms with Gasteiger partial charge in [-0.2, -0.15) is 0 Å². The van der Waals surface area contributed by atoms with E-state index in [2.05, 4.69) is 19.1 Å². The van der Waals surface area contributed by atoms with Crippen LogP contribution in [0.25, 0.3) is 0 Å². The third-order valence-electron chi connectivity index (χ3n) is 2.99. The molecule has 1 N–H and O–H groups in total. The fourth-order valence-corrected chi connectivity index (χ4v) is 1.70. The predicted molar refractivity (Wildman–Crippen MR) is 66.5 cm³/mol. The third kappa shape index (κ3) is 3.95. The molecule has 0 bridgehead atoms. The number of aliphatic hydroxyl groups excluding tert-OH is 1. The Kier molecular flexibility index (Phi) is 5.50. The van der Waals surface area contributed by atoms with Crippen molar-refractivity contribution in [2.75, 3.05) is 7.11 Å². The zero-order valence-electron chi connectivity index (χ0n) is 10.4. The topological polar surface area (TPSA) is 29.5 Å². The first-order valence-electron chi connectivity index (χ1n) is 5.97. The van der Waals surface area contributed by atoms with Crippen LogP contribution in [0.2, 0.25) is 0 Å². The van der Waals surface area contributed by atoms with Gasteiger partial charge in [-0.25, -0.2) is 0 Å². The van der Waals surface area contributed by atoms with Crippen molar-refractivity contribution in [3.63, 3.8) is 0 Å². The van der Waals surface area contributed by atoms with Gasteiger partial charge in [-0.1, -0.05) is 31.2 Å². The molecule has 0 spiro atoms. The first-order valence-corrected chi connectivity index (χ1v) is 5.97. The van der Waals surface area contributed by atoms with Gasteiger partial charge in [0.15, 0.2) is 0 Å². The van der Waals surface area contributed by atoms with Crippen LogP contribution in [0, 0.1) is 0 Å². The molecule has 0 saturated heterocycles. The Morgan fingerprint density at radius 3 is 2.69 bits per heavy atom. The maximum atomic E-state index is 10.0. The Morgan fingerprint density at radius 1 is 1.31 bits per heavy atom. The van der Waals surface area contributed by atoms with Crippen molar-refractivity contribution in [1.82, 2.24) is 0 Å². The van der Waals surface area contributed by atoms with Gasteiger partial charge >= 0.3 is 0 Å². The highest BCUT2D eigenvalue weighted by molar-refractivity contribution is 5.25. The summed E-state index contributed by atoms with van der Waals surface area (Å²) in [5.74, 6) is 0. The number of rotatable bonds is 6. The van der Waals surface area contributed by atoms with Gasteiger partial charge in [0.25, 0.3) is 0 Å². The lowest BCUT2D eigenvalue weighted by molar-refractivity contribution is 0.0851. The molecule has 0 aliphatic heterocycles. The minimum Gasteiger partial charge on any atom is -0.388 e.